The summed E-state index contributed by atoms with van der Waals surface area (Å²) in [6, 6.07) is 12.6. The lowest BCUT2D eigenvalue weighted by atomic mass is 10.0. The first-order valence-corrected chi connectivity index (χ1v) is 7.20. The van der Waals surface area contributed by atoms with Gasteiger partial charge in [0.1, 0.15) is 5.75 Å². The molecular weight excluding hydrogens is 278 g/mol. The van der Waals surface area contributed by atoms with Crippen LogP contribution in [0, 0.1) is 0 Å². The highest BCUT2D eigenvalue weighted by molar-refractivity contribution is 5.77. The molecule has 5 nitrogen and oxygen atoms in total. The van der Waals surface area contributed by atoms with E-state index < -0.39 is 0 Å². The number of nitrogens with zero attached hydrogens (tertiary/aromatic N) is 1. The summed E-state index contributed by atoms with van der Waals surface area (Å²) >= 11 is 0. The van der Waals surface area contributed by atoms with Gasteiger partial charge in [-0.25, -0.2) is 0 Å². The zero-order valence-electron chi connectivity index (χ0n) is 12.8. The SMILES string of the molecule is COc1ccccc1C(NC(=O)CC(C)N)c1ccccn1. The minimum atomic E-state index is -0.372. The van der Waals surface area contributed by atoms with Crippen molar-refractivity contribution in [2.45, 2.75) is 25.4 Å². The first-order valence-electron chi connectivity index (χ1n) is 7.20. The topological polar surface area (TPSA) is 77.2 Å². The molecule has 0 aliphatic rings. The van der Waals surface area contributed by atoms with E-state index in [0.717, 1.165) is 11.3 Å². The number of nitrogens with two attached hydrogens (primary N) is 1. The number of ether oxygens (including phenoxy) is 1. The molecule has 116 valence electrons. The molecule has 2 aromatic rings. The number of carbonyl (C=O) groups excluding carboxylic acids is 1. The summed E-state index contributed by atoms with van der Waals surface area (Å²) in [6.45, 7) is 1.80. The van der Waals surface area contributed by atoms with Gasteiger partial charge >= 0.3 is 0 Å². The number of aromatic nitrogens is 1. The molecule has 0 fully saturated rings. The van der Waals surface area contributed by atoms with Crippen molar-refractivity contribution < 1.29 is 9.53 Å². The molecule has 1 aromatic carbocycles. The van der Waals surface area contributed by atoms with E-state index in [0.29, 0.717) is 5.75 Å². The maximum Gasteiger partial charge on any atom is 0.222 e. The maximum atomic E-state index is 12.2. The number of hydrogen-bond acceptors (Lipinski definition) is 4. The lowest BCUT2D eigenvalue weighted by molar-refractivity contribution is -0.121. The second kappa shape index (κ2) is 7.56. The van der Waals surface area contributed by atoms with Crippen LogP contribution in [0.1, 0.15) is 30.6 Å². The molecular formula is C17H21N3O2. The molecule has 5 heteroatoms. The Morgan fingerprint density at radius 2 is 2.00 bits per heavy atom. The van der Waals surface area contributed by atoms with Gasteiger partial charge in [0.05, 0.1) is 18.8 Å². The second-order valence-corrected chi connectivity index (χ2v) is 5.18. The average Bonchev–Trinajstić information content (AvgIpc) is 2.53. The van der Waals surface area contributed by atoms with Crippen molar-refractivity contribution in [1.29, 1.82) is 0 Å². The number of pyridine rings is 1. The van der Waals surface area contributed by atoms with Crippen LogP contribution in [0.25, 0.3) is 0 Å². The van der Waals surface area contributed by atoms with Crippen molar-refractivity contribution in [3.63, 3.8) is 0 Å². The predicted molar refractivity (Wildman–Crippen MR) is 85.5 cm³/mol. The Morgan fingerprint density at radius 1 is 1.27 bits per heavy atom. The number of para-hydroxylation sites is 1. The van der Waals surface area contributed by atoms with Crippen LogP contribution >= 0.6 is 0 Å². The van der Waals surface area contributed by atoms with E-state index in [2.05, 4.69) is 10.3 Å². The van der Waals surface area contributed by atoms with Crippen molar-refractivity contribution in [1.82, 2.24) is 10.3 Å². The lowest BCUT2D eigenvalue weighted by Gasteiger charge is -2.21. The highest BCUT2D eigenvalue weighted by atomic mass is 16.5. The summed E-state index contributed by atoms with van der Waals surface area (Å²) < 4.78 is 5.41. The molecule has 2 atom stereocenters. The highest BCUT2D eigenvalue weighted by Gasteiger charge is 2.21. The highest BCUT2D eigenvalue weighted by Crippen LogP contribution is 2.28. The molecule has 22 heavy (non-hydrogen) atoms. The Kier molecular flexibility index (Phi) is 5.49. The third-order valence-corrected chi connectivity index (χ3v) is 3.25. The maximum absolute atomic E-state index is 12.2. The summed E-state index contributed by atoms with van der Waals surface area (Å²) in [6.07, 6.45) is 1.97. The first-order chi connectivity index (χ1) is 10.6. The van der Waals surface area contributed by atoms with E-state index in [1.54, 1.807) is 20.2 Å². The van der Waals surface area contributed by atoms with Crippen molar-refractivity contribution >= 4 is 5.91 Å². The predicted octanol–water partition coefficient (Wildman–Crippen LogP) is 2.03. The first kappa shape index (κ1) is 16.0. The number of carbonyl (C=O) groups is 1. The van der Waals surface area contributed by atoms with Gasteiger partial charge in [-0.05, 0) is 25.1 Å². The number of hydrogen-bond donors (Lipinski definition) is 2. The summed E-state index contributed by atoms with van der Waals surface area (Å²) in [4.78, 5) is 16.5. The van der Waals surface area contributed by atoms with Crippen LogP contribution in [0.3, 0.4) is 0 Å². The standard InChI is InChI=1S/C17H21N3O2/c1-12(18)11-16(21)20-17(14-8-5-6-10-19-14)13-7-3-4-9-15(13)22-2/h3-10,12,17H,11,18H2,1-2H3,(H,20,21). The van der Waals surface area contributed by atoms with Crippen LogP contribution in [0.5, 0.6) is 5.75 Å². The lowest BCUT2D eigenvalue weighted by Crippen LogP contribution is -2.34. The summed E-state index contributed by atoms with van der Waals surface area (Å²) in [5.41, 5.74) is 7.32. The monoisotopic (exact) mass is 299 g/mol. The number of amides is 1. The molecule has 0 bridgehead atoms. The van der Waals surface area contributed by atoms with Crippen molar-refractivity contribution in [2.24, 2.45) is 5.73 Å². The van der Waals surface area contributed by atoms with Gasteiger partial charge in [0, 0.05) is 24.2 Å². The quantitative estimate of drug-likeness (QED) is 0.855. The molecule has 0 aliphatic heterocycles. The van der Waals surface area contributed by atoms with E-state index in [1.807, 2.05) is 42.5 Å². The number of nitrogens with one attached hydrogen (secondary N) is 1. The Morgan fingerprint density at radius 3 is 2.64 bits per heavy atom. The van der Waals surface area contributed by atoms with Gasteiger partial charge in [0.2, 0.25) is 5.91 Å². The van der Waals surface area contributed by atoms with Gasteiger partial charge < -0.3 is 15.8 Å². The fraction of sp³-hybridized carbons (Fsp3) is 0.294. The molecule has 0 radical (unpaired) electrons. The Bertz CT molecular complexity index is 614. The Hall–Kier alpha value is -2.40. The van der Waals surface area contributed by atoms with Gasteiger partial charge in [-0.3, -0.25) is 9.78 Å². The average molecular weight is 299 g/mol. The van der Waals surface area contributed by atoms with Gasteiger partial charge in [0.15, 0.2) is 0 Å². The minimum absolute atomic E-state index is 0.114. The van der Waals surface area contributed by atoms with Crippen molar-refractivity contribution in [2.75, 3.05) is 7.11 Å². The fourth-order valence-corrected chi connectivity index (χ4v) is 2.27. The minimum Gasteiger partial charge on any atom is -0.496 e. The van der Waals surface area contributed by atoms with Crippen LogP contribution in [0.4, 0.5) is 0 Å². The smallest absolute Gasteiger partial charge is 0.222 e. The van der Waals surface area contributed by atoms with Crippen LogP contribution in [0.15, 0.2) is 48.7 Å². The van der Waals surface area contributed by atoms with E-state index in [-0.39, 0.29) is 24.4 Å². The van der Waals surface area contributed by atoms with E-state index in [9.17, 15) is 4.79 Å². The molecule has 2 unspecified atom stereocenters. The number of methoxy groups -OCH3 is 1. The fourth-order valence-electron chi connectivity index (χ4n) is 2.27. The molecule has 0 saturated carbocycles. The van der Waals surface area contributed by atoms with Gasteiger partial charge in [-0.1, -0.05) is 24.3 Å². The van der Waals surface area contributed by atoms with Crippen molar-refractivity contribution in [3.05, 3.63) is 59.9 Å². The summed E-state index contributed by atoms with van der Waals surface area (Å²) in [7, 11) is 1.61. The molecule has 1 aromatic heterocycles. The van der Waals surface area contributed by atoms with Gasteiger partial charge in [0.25, 0.3) is 0 Å². The molecule has 1 heterocycles. The normalized spacial score (nSPS) is 13.2. The number of benzene rings is 1. The van der Waals surface area contributed by atoms with Gasteiger partial charge in [-0.15, -0.1) is 0 Å². The molecule has 0 saturated heterocycles. The zero-order chi connectivity index (χ0) is 15.9. The van der Waals surface area contributed by atoms with Gasteiger partial charge in [-0.2, -0.15) is 0 Å². The third-order valence-electron chi connectivity index (χ3n) is 3.25. The molecule has 0 spiro atoms. The van der Waals surface area contributed by atoms with E-state index in [4.69, 9.17) is 10.5 Å². The summed E-state index contributed by atoms with van der Waals surface area (Å²) in [5, 5.41) is 2.99. The Balaban J connectivity index is 2.36. The van der Waals surface area contributed by atoms with Crippen LogP contribution in [0.2, 0.25) is 0 Å². The summed E-state index contributed by atoms with van der Waals surface area (Å²) in [5.74, 6) is 0.593. The molecule has 1 amide bonds. The van der Waals surface area contributed by atoms with E-state index in [1.165, 1.54) is 0 Å². The zero-order valence-corrected chi connectivity index (χ0v) is 12.8. The largest absolute Gasteiger partial charge is 0.496 e. The van der Waals surface area contributed by atoms with Crippen LogP contribution in [-0.4, -0.2) is 24.0 Å². The van der Waals surface area contributed by atoms with Crippen LogP contribution in [-0.2, 0) is 4.79 Å². The third kappa shape index (κ3) is 4.05. The molecule has 3 N–H and O–H groups in total. The molecule has 0 aliphatic carbocycles. The van der Waals surface area contributed by atoms with Crippen molar-refractivity contribution in [3.8, 4) is 5.75 Å². The second-order valence-electron chi connectivity index (χ2n) is 5.18. The number of rotatable bonds is 6. The Labute approximate surface area is 130 Å². The van der Waals surface area contributed by atoms with Crippen LogP contribution < -0.4 is 15.8 Å². The van der Waals surface area contributed by atoms with E-state index >= 15 is 0 Å². The molecule has 2 rings (SSSR count).